The number of hydrogen-bond donors (Lipinski definition) is 2. The molecular formula is C14H28IN5. The first kappa shape index (κ1) is 19.2. The number of hydrogen-bond acceptors (Lipinski definition) is 2. The van der Waals surface area contributed by atoms with Crippen LogP contribution in [0.25, 0.3) is 0 Å². The molecule has 0 bridgehead atoms. The summed E-state index contributed by atoms with van der Waals surface area (Å²) >= 11 is 0. The molecule has 0 aromatic carbocycles. The number of aliphatic imine (C=N–C) groups is 1. The highest BCUT2D eigenvalue weighted by Crippen LogP contribution is 2.16. The van der Waals surface area contributed by atoms with E-state index in [0.717, 1.165) is 25.0 Å². The number of aromatic nitrogens is 2. The highest BCUT2D eigenvalue weighted by molar-refractivity contribution is 14.0. The molecule has 0 saturated heterocycles. The smallest absolute Gasteiger partial charge is 0.189 e. The second-order valence-corrected chi connectivity index (χ2v) is 4.86. The van der Waals surface area contributed by atoms with E-state index >= 15 is 0 Å². The third kappa shape index (κ3) is 4.96. The Labute approximate surface area is 139 Å². The van der Waals surface area contributed by atoms with E-state index in [1.54, 1.807) is 0 Å². The van der Waals surface area contributed by atoms with Crippen molar-refractivity contribution in [1.29, 1.82) is 0 Å². The summed E-state index contributed by atoms with van der Waals surface area (Å²) < 4.78 is 1.96. The first-order valence-corrected chi connectivity index (χ1v) is 7.13. The SMILES string of the molecule is CCc1nn(C)c(CC)c1CN=C(N)NC(C)CC.I. The molecule has 1 unspecified atom stereocenters. The van der Waals surface area contributed by atoms with Crippen molar-refractivity contribution in [3.05, 3.63) is 17.0 Å². The molecule has 0 spiro atoms. The van der Waals surface area contributed by atoms with Gasteiger partial charge in [0.15, 0.2) is 5.96 Å². The van der Waals surface area contributed by atoms with Gasteiger partial charge in [0.1, 0.15) is 0 Å². The van der Waals surface area contributed by atoms with E-state index in [4.69, 9.17) is 5.73 Å². The van der Waals surface area contributed by atoms with Crippen LogP contribution in [0.1, 0.15) is 51.1 Å². The third-order valence-corrected chi connectivity index (χ3v) is 3.44. The number of halogens is 1. The van der Waals surface area contributed by atoms with Crippen LogP contribution in [0, 0.1) is 0 Å². The van der Waals surface area contributed by atoms with Gasteiger partial charge in [-0.25, -0.2) is 4.99 Å². The maximum atomic E-state index is 5.90. The minimum Gasteiger partial charge on any atom is -0.370 e. The molecule has 6 heteroatoms. The summed E-state index contributed by atoms with van der Waals surface area (Å²) in [6.45, 7) is 9.09. The van der Waals surface area contributed by atoms with Gasteiger partial charge in [0.25, 0.3) is 0 Å². The topological polar surface area (TPSA) is 68.2 Å². The molecule has 1 heterocycles. The van der Waals surface area contributed by atoms with Crippen molar-refractivity contribution in [3.8, 4) is 0 Å². The van der Waals surface area contributed by atoms with Crippen LogP contribution >= 0.6 is 24.0 Å². The van der Waals surface area contributed by atoms with Crippen LogP contribution in [0.3, 0.4) is 0 Å². The van der Waals surface area contributed by atoms with Crippen LogP contribution in [0.4, 0.5) is 0 Å². The predicted octanol–water partition coefficient (Wildman–Crippen LogP) is 2.37. The minimum absolute atomic E-state index is 0. The van der Waals surface area contributed by atoms with Crippen LogP contribution in [0.2, 0.25) is 0 Å². The van der Waals surface area contributed by atoms with E-state index in [1.807, 2.05) is 11.7 Å². The molecular weight excluding hydrogens is 365 g/mol. The van der Waals surface area contributed by atoms with Gasteiger partial charge < -0.3 is 11.1 Å². The number of rotatable bonds is 6. The van der Waals surface area contributed by atoms with Crippen molar-refractivity contribution in [3.63, 3.8) is 0 Å². The fourth-order valence-corrected chi connectivity index (χ4v) is 2.14. The highest BCUT2D eigenvalue weighted by Gasteiger charge is 2.13. The minimum atomic E-state index is 0. The molecule has 1 aromatic rings. The second kappa shape index (κ2) is 9.20. The summed E-state index contributed by atoms with van der Waals surface area (Å²) in [5.74, 6) is 0.516. The van der Waals surface area contributed by atoms with E-state index in [2.05, 4.69) is 43.1 Å². The Morgan fingerprint density at radius 3 is 2.50 bits per heavy atom. The number of nitrogens with two attached hydrogens (primary N) is 1. The maximum absolute atomic E-state index is 5.90. The molecule has 20 heavy (non-hydrogen) atoms. The summed E-state index contributed by atoms with van der Waals surface area (Å²) in [5.41, 5.74) is 9.49. The molecule has 3 N–H and O–H groups in total. The summed E-state index contributed by atoms with van der Waals surface area (Å²) in [4.78, 5) is 4.44. The molecule has 0 aliphatic carbocycles. The van der Waals surface area contributed by atoms with Gasteiger partial charge in [-0.15, -0.1) is 24.0 Å². The van der Waals surface area contributed by atoms with Crippen LogP contribution in [-0.4, -0.2) is 21.8 Å². The lowest BCUT2D eigenvalue weighted by molar-refractivity contribution is 0.636. The van der Waals surface area contributed by atoms with Gasteiger partial charge in [-0.3, -0.25) is 4.68 Å². The number of aryl methyl sites for hydroxylation is 2. The van der Waals surface area contributed by atoms with Crippen molar-refractivity contribution < 1.29 is 0 Å². The summed E-state index contributed by atoms with van der Waals surface area (Å²) in [7, 11) is 1.99. The van der Waals surface area contributed by atoms with Gasteiger partial charge >= 0.3 is 0 Å². The average Bonchev–Trinajstić information content (AvgIpc) is 2.71. The lowest BCUT2D eigenvalue weighted by Gasteiger charge is -2.11. The van der Waals surface area contributed by atoms with Crippen LogP contribution in [0.5, 0.6) is 0 Å². The zero-order valence-corrected chi connectivity index (χ0v) is 15.6. The Hall–Kier alpha value is -0.790. The normalized spacial score (nSPS) is 12.9. The van der Waals surface area contributed by atoms with Gasteiger partial charge in [-0.2, -0.15) is 5.10 Å². The Morgan fingerprint density at radius 1 is 1.35 bits per heavy atom. The molecule has 0 radical (unpaired) electrons. The number of nitrogens with one attached hydrogen (secondary N) is 1. The van der Waals surface area contributed by atoms with E-state index in [0.29, 0.717) is 18.5 Å². The summed E-state index contributed by atoms with van der Waals surface area (Å²) in [6, 6.07) is 0.355. The van der Waals surface area contributed by atoms with Gasteiger partial charge in [0, 0.05) is 24.3 Å². The number of guanidine groups is 1. The predicted molar refractivity (Wildman–Crippen MR) is 95.6 cm³/mol. The van der Waals surface area contributed by atoms with Crippen LogP contribution < -0.4 is 11.1 Å². The van der Waals surface area contributed by atoms with Crippen LogP contribution in [0.15, 0.2) is 4.99 Å². The van der Waals surface area contributed by atoms with Gasteiger partial charge in [-0.05, 0) is 26.2 Å². The van der Waals surface area contributed by atoms with Crippen molar-refractivity contribution in [2.24, 2.45) is 17.8 Å². The quantitative estimate of drug-likeness (QED) is 0.443. The van der Waals surface area contributed by atoms with Gasteiger partial charge in [0.2, 0.25) is 0 Å². The van der Waals surface area contributed by atoms with Crippen LogP contribution in [-0.2, 0) is 26.4 Å². The van der Waals surface area contributed by atoms with E-state index in [1.165, 1.54) is 11.3 Å². The first-order valence-electron chi connectivity index (χ1n) is 7.13. The molecule has 0 saturated carbocycles. The molecule has 0 aliphatic heterocycles. The fourth-order valence-electron chi connectivity index (χ4n) is 2.14. The van der Waals surface area contributed by atoms with E-state index in [9.17, 15) is 0 Å². The zero-order valence-electron chi connectivity index (χ0n) is 13.2. The van der Waals surface area contributed by atoms with Gasteiger partial charge in [-0.1, -0.05) is 20.8 Å². The Bertz CT molecular complexity index is 439. The average molecular weight is 393 g/mol. The second-order valence-electron chi connectivity index (χ2n) is 4.86. The molecule has 0 aliphatic rings. The lowest BCUT2D eigenvalue weighted by atomic mass is 10.1. The maximum Gasteiger partial charge on any atom is 0.189 e. The van der Waals surface area contributed by atoms with Crippen molar-refractivity contribution >= 4 is 29.9 Å². The standard InChI is InChI=1S/C14H27N5.HI/c1-6-10(4)17-14(15)16-9-11-12(7-2)18-19(5)13(11)8-3;/h10H,6-9H2,1-5H3,(H3,15,16,17);1H. The Kier molecular flexibility index (Phi) is 8.84. The van der Waals surface area contributed by atoms with Crippen molar-refractivity contribution in [1.82, 2.24) is 15.1 Å². The van der Waals surface area contributed by atoms with E-state index < -0.39 is 0 Å². The first-order chi connectivity index (χ1) is 9.03. The highest BCUT2D eigenvalue weighted by atomic mass is 127. The Balaban J connectivity index is 0.00000361. The van der Waals surface area contributed by atoms with Gasteiger partial charge in [0.05, 0.1) is 12.2 Å². The molecule has 1 rings (SSSR count). The largest absolute Gasteiger partial charge is 0.370 e. The molecule has 1 aromatic heterocycles. The van der Waals surface area contributed by atoms with E-state index in [-0.39, 0.29) is 24.0 Å². The number of nitrogens with zero attached hydrogens (tertiary/aromatic N) is 3. The molecule has 1 atom stereocenters. The van der Waals surface area contributed by atoms with Crippen molar-refractivity contribution in [2.45, 2.75) is 59.5 Å². The fraction of sp³-hybridized carbons (Fsp3) is 0.714. The Morgan fingerprint density at radius 2 is 2.00 bits per heavy atom. The third-order valence-electron chi connectivity index (χ3n) is 3.44. The monoisotopic (exact) mass is 393 g/mol. The molecule has 116 valence electrons. The molecule has 0 amide bonds. The molecule has 5 nitrogen and oxygen atoms in total. The summed E-state index contributed by atoms with van der Waals surface area (Å²) in [6.07, 6.45) is 2.92. The lowest BCUT2D eigenvalue weighted by Crippen LogP contribution is -2.38. The molecule has 0 fully saturated rings. The summed E-state index contributed by atoms with van der Waals surface area (Å²) in [5, 5.41) is 7.72. The zero-order chi connectivity index (χ0) is 14.4. The van der Waals surface area contributed by atoms with Crippen molar-refractivity contribution in [2.75, 3.05) is 0 Å².